The molecule has 90 valence electrons. The lowest BCUT2D eigenvalue weighted by Gasteiger charge is -2.26. The van der Waals surface area contributed by atoms with Crippen molar-refractivity contribution in [3.8, 4) is 0 Å². The SMILES string of the molecule is CC(O)C1CCN(C(CN)c2ccsc2)C1. The minimum atomic E-state index is -0.203. The molecule has 1 aromatic heterocycles. The first-order valence-electron chi connectivity index (χ1n) is 5.86. The molecule has 1 aliphatic rings. The molecule has 2 heterocycles. The third kappa shape index (κ3) is 2.46. The molecule has 16 heavy (non-hydrogen) atoms. The number of aliphatic hydroxyl groups is 1. The first-order chi connectivity index (χ1) is 7.72. The van der Waals surface area contributed by atoms with Crippen LogP contribution in [0, 0.1) is 5.92 Å². The highest BCUT2D eigenvalue weighted by molar-refractivity contribution is 7.07. The summed E-state index contributed by atoms with van der Waals surface area (Å²) in [6.07, 6.45) is 0.879. The third-order valence-electron chi connectivity index (χ3n) is 3.53. The van der Waals surface area contributed by atoms with Gasteiger partial charge in [0.25, 0.3) is 0 Å². The molecule has 1 aromatic rings. The summed E-state index contributed by atoms with van der Waals surface area (Å²) in [7, 11) is 0. The Hall–Kier alpha value is -0.420. The van der Waals surface area contributed by atoms with E-state index in [0.29, 0.717) is 18.5 Å². The molecule has 1 aliphatic heterocycles. The van der Waals surface area contributed by atoms with Crippen LogP contribution in [0.15, 0.2) is 16.8 Å². The Morgan fingerprint density at radius 2 is 2.50 bits per heavy atom. The van der Waals surface area contributed by atoms with E-state index in [2.05, 4.69) is 21.7 Å². The Balaban J connectivity index is 2.02. The summed E-state index contributed by atoms with van der Waals surface area (Å²) >= 11 is 1.72. The molecule has 0 saturated carbocycles. The zero-order valence-electron chi connectivity index (χ0n) is 9.67. The number of nitrogens with two attached hydrogens (primary N) is 1. The standard InChI is InChI=1S/C12H20N2OS/c1-9(15)10-2-4-14(7-10)12(6-13)11-3-5-16-8-11/h3,5,8-10,12,15H,2,4,6-7,13H2,1H3. The van der Waals surface area contributed by atoms with Crippen LogP contribution < -0.4 is 5.73 Å². The highest BCUT2D eigenvalue weighted by Crippen LogP contribution is 2.29. The molecular weight excluding hydrogens is 220 g/mol. The summed E-state index contributed by atoms with van der Waals surface area (Å²) in [6.45, 7) is 4.56. The molecule has 0 aromatic carbocycles. The first-order valence-corrected chi connectivity index (χ1v) is 6.81. The number of likely N-dealkylation sites (tertiary alicyclic amines) is 1. The summed E-state index contributed by atoms with van der Waals surface area (Å²) < 4.78 is 0. The Kier molecular flexibility index (Phi) is 3.97. The van der Waals surface area contributed by atoms with Crippen LogP contribution in [0.3, 0.4) is 0 Å². The van der Waals surface area contributed by atoms with Crippen LogP contribution in [0.2, 0.25) is 0 Å². The quantitative estimate of drug-likeness (QED) is 0.837. The molecule has 1 fully saturated rings. The predicted molar refractivity (Wildman–Crippen MR) is 67.5 cm³/mol. The zero-order valence-corrected chi connectivity index (χ0v) is 10.5. The van der Waals surface area contributed by atoms with Crippen molar-refractivity contribution in [2.45, 2.75) is 25.5 Å². The van der Waals surface area contributed by atoms with Gasteiger partial charge in [0.1, 0.15) is 0 Å². The normalized spacial score (nSPS) is 25.8. The average Bonchev–Trinajstić information content (AvgIpc) is 2.88. The maximum atomic E-state index is 9.60. The first kappa shape index (κ1) is 12.0. The second-order valence-electron chi connectivity index (χ2n) is 4.59. The zero-order chi connectivity index (χ0) is 11.5. The monoisotopic (exact) mass is 240 g/mol. The lowest BCUT2D eigenvalue weighted by Crippen LogP contribution is -2.32. The Morgan fingerprint density at radius 1 is 1.69 bits per heavy atom. The predicted octanol–water partition coefficient (Wildman–Crippen LogP) is 1.45. The smallest absolute Gasteiger partial charge is 0.0552 e. The number of hydrogen-bond donors (Lipinski definition) is 2. The summed E-state index contributed by atoms with van der Waals surface area (Å²) in [4.78, 5) is 2.40. The van der Waals surface area contributed by atoms with Gasteiger partial charge in [-0.15, -0.1) is 0 Å². The van der Waals surface area contributed by atoms with Crippen LogP contribution in [-0.2, 0) is 0 Å². The second-order valence-corrected chi connectivity index (χ2v) is 5.37. The van der Waals surface area contributed by atoms with Crippen LogP contribution in [-0.4, -0.2) is 35.7 Å². The fourth-order valence-electron chi connectivity index (χ4n) is 2.45. The fourth-order valence-corrected chi connectivity index (χ4v) is 3.16. The van der Waals surface area contributed by atoms with Crippen molar-refractivity contribution < 1.29 is 5.11 Å². The molecule has 4 heteroatoms. The van der Waals surface area contributed by atoms with Crippen molar-refractivity contribution in [1.82, 2.24) is 4.90 Å². The molecule has 0 amide bonds. The largest absolute Gasteiger partial charge is 0.393 e. The third-order valence-corrected chi connectivity index (χ3v) is 4.23. The molecule has 0 aliphatic carbocycles. The molecule has 1 saturated heterocycles. The van der Waals surface area contributed by atoms with Gasteiger partial charge in [0.15, 0.2) is 0 Å². The topological polar surface area (TPSA) is 49.5 Å². The van der Waals surface area contributed by atoms with Gasteiger partial charge in [-0.2, -0.15) is 11.3 Å². The van der Waals surface area contributed by atoms with E-state index in [1.165, 1.54) is 5.56 Å². The molecule has 3 N–H and O–H groups in total. The van der Waals surface area contributed by atoms with Crippen molar-refractivity contribution in [3.05, 3.63) is 22.4 Å². The Labute approximate surface area is 101 Å². The van der Waals surface area contributed by atoms with Gasteiger partial charge in [0, 0.05) is 19.1 Å². The summed E-state index contributed by atoms with van der Waals surface area (Å²) in [6, 6.07) is 2.48. The highest BCUT2D eigenvalue weighted by Gasteiger charge is 2.30. The summed E-state index contributed by atoms with van der Waals surface area (Å²) in [5.74, 6) is 0.410. The van der Waals surface area contributed by atoms with Gasteiger partial charge >= 0.3 is 0 Å². The lowest BCUT2D eigenvalue weighted by molar-refractivity contribution is 0.122. The number of rotatable bonds is 4. The average molecular weight is 240 g/mol. The summed E-state index contributed by atoms with van der Waals surface area (Å²) in [5, 5.41) is 13.9. The van der Waals surface area contributed by atoms with E-state index in [-0.39, 0.29) is 6.10 Å². The Bertz CT molecular complexity index is 313. The number of aliphatic hydroxyl groups excluding tert-OH is 1. The molecule has 3 atom stereocenters. The van der Waals surface area contributed by atoms with E-state index in [0.717, 1.165) is 19.5 Å². The van der Waals surface area contributed by atoms with Gasteiger partial charge in [-0.25, -0.2) is 0 Å². The molecule has 0 spiro atoms. The van der Waals surface area contributed by atoms with Crippen molar-refractivity contribution in [1.29, 1.82) is 0 Å². The van der Waals surface area contributed by atoms with E-state index in [1.54, 1.807) is 11.3 Å². The fraction of sp³-hybridized carbons (Fsp3) is 0.667. The van der Waals surface area contributed by atoms with E-state index in [1.807, 2.05) is 6.92 Å². The van der Waals surface area contributed by atoms with Gasteiger partial charge < -0.3 is 10.8 Å². The highest BCUT2D eigenvalue weighted by atomic mass is 32.1. The minimum absolute atomic E-state index is 0.203. The van der Waals surface area contributed by atoms with Crippen molar-refractivity contribution >= 4 is 11.3 Å². The molecule has 3 nitrogen and oxygen atoms in total. The van der Waals surface area contributed by atoms with Crippen molar-refractivity contribution in [2.24, 2.45) is 11.7 Å². The van der Waals surface area contributed by atoms with Crippen LogP contribution in [0.5, 0.6) is 0 Å². The lowest BCUT2D eigenvalue weighted by atomic mass is 10.0. The van der Waals surface area contributed by atoms with Crippen LogP contribution in [0.4, 0.5) is 0 Å². The van der Waals surface area contributed by atoms with E-state index < -0.39 is 0 Å². The van der Waals surface area contributed by atoms with Gasteiger partial charge in [0.05, 0.1) is 6.10 Å². The number of thiophene rings is 1. The van der Waals surface area contributed by atoms with E-state index in [9.17, 15) is 5.11 Å². The molecular formula is C12H20N2OS. The van der Waals surface area contributed by atoms with Crippen LogP contribution in [0.25, 0.3) is 0 Å². The van der Waals surface area contributed by atoms with Crippen molar-refractivity contribution in [3.63, 3.8) is 0 Å². The van der Waals surface area contributed by atoms with Gasteiger partial charge in [0.2, 0.25) is 0 Å². The maximum absolute atomic E-state index is 9.60. The van der Waals surface area contributed by atoms with Gasteiger partial charge in [-0.1, -0.05) is 0 Å². The minimum Gasteiger partial charge on any atom is -0.393 e. The molecule has 3 unspecified atom stereocenters. The second kappa shape index (κ2) is 5.27. The van der Waals surface area contributed by atoms with Crippen molar-refractivity contribution in [2.75, 3.05) is 19.6 Å². The summed E-state index contributed by atoms with van der Waals surface area (Å²) in [5.41, 5.74) is 7.18. The molecule has 0 bridgehead atoms. The van der Waals surface area contributed by atoms with E-state index >= 15 is 0 Å². The maximum Gasteiger partial charge on any atom is 0.0552 e. The number of nitrogens with zero attached hydrogens (tertiary/aromatic N) is 1. The van der Waals surface area contributed by atoms with Crippen LogP contribution in [0.1, 0.15) is 24.9 Å². The van der Waals surface area contributed by atoms with E-state index in [4.69, 9.17) is 5.73 Å². The van der Waals surface area contributed by atoms with Gasteiger partial charge in [-0.3, -0.25) is 4.90 Å². The van der Waals surface area contributed by atoms with Gasteiger partial charge in [-0.05, 0) is 48.2 Å². The number of hydrogen-bond acceptors (Lipinski definition) is 4. The van der Waals surface area contributed by atoms with Crippen LogP contribution >= 0.6 is 11.3 Å². The molecule has 2 rings (SSSR count). The Morgan fingerprint density at radius 3 is 3.00 bits per heavy atom. The molecule has 0 radical (unpaired) electrons.